The van der Waals surface area contributed by atoms with Crippen LogP contribution in [-0.4, -0.2) is 9.97 Å². The van der Waals surface area contributed by atoms with E-state index in [4.69, 9.17) is 34.8 Å². The van der Waals surface area contributed by atoms with Crippen molar-refractivity contribution in [1.82, 2.24) is 9.97 Å². The average Bonchev–Trinajstić information content (AvgIpc) is 2.59. The number of rotatable bonds is 2. The van der Waals surface area contributed by atoms with Gasteiger partial charge in [0.1, 0.15) is 14.6 Å². The Morgan fingerprint density at radius 3 is 2.24 bits per heavy atom. The molecule has 7 heteroatoms. The van der Waals surface area contributed by atoms with Gasteiger partial charge in [-0.25, -0.2) is 9.97 Å². The van der Waals surface area contributed by atoms with Crippen molar-refractivity contribution in [3.8, 4) is 10.7 Å². The van der Waals surface area contributed by atoms with Crippen molar-refractivity contribution in [3.05, 3.63) is 30.7 Å². The van der Waals surface area contributed by atoms with Crippen molar-refractivity contribution < 1.29 is 0 Å². The fraction of sp³-hybridized carbons (Fsp3) is 0.200. The Balaban J connectivity index is 2.54. The van der Waals surface area contributed by atoms with E-state index in [1.807, 2.05) is 13.0 Å². The van der Waals surface area contributed by atoms with Crippen LogP contribution < -0.4 is 0 Å². The van der Waals surface area contributed by atoms with Gasteiger partial charge in [0.25, 0.3) is 0 Å². The molecule has 90 valence electrons. The smallest absolute Gasteiger partial charge is 0.172 e. The molecule has 0 aliphatic carbocycles. The highest BCUT2D eigenvalue weighted by molar-refractivity contribution is 9.10. The van der Waals surface area contributed by atoms with Gasteiger partial charge in [-0.1, -0.05) is 41.7 Å². The Labute approximate surface area is 126 Å². The van der Waals surface area contributed by atoms with Crippen molar-refractivity contribution in [3.63, 3.8) is 0 Å². The zero-order valence-electron chi connectivity index (χ0n) is 8.60. The van der Waals surface area contributed by atoms with Crippen molar-refractivity contribution in [2.45, 2.75) is 13.3 Å². The lowest BCUT2D eigenvalue weighted by atomic mass is 10.2. The molecule has 2 aromatic rings. The number of nitrogens with zero attached hydrogens (tertiary/aromatic N) is 2. The number of halogens is 4. The maximum Gasteiger partial charge on any atom is 0.172 e. The highest BCUT2D eigenvalue weighted by Gasteiger charge is 2.14. The monoisotopic (exact) mass is 370 g/mol. The summed E-state index contributed by atoms with van der Waals surface area (Å²) in [5.41, 5.74) is 0.763. The largest absolute Gasteiger partial charge is 0.215 e. The summed E-state index contributed by atoms with van der Waals surface area (Å²) in [7, 11) is 0. The van der Waals surface area contributed by atoms with E-state index in [0.29, 0.717) is 26.9 Å². The first-order valence-electron chi connectivity index (χ1n) is 4.70. The van der Waals surface area contributed by atoms with E-state index in [2.05, 4.69) is 25.9 Å². The second-order valence-corrected chi connectivity index (χ2v) is 6.42. The Morgan fingerprint density at radius 1 is 1.24 bits per heavy atom. The second-order valence-electron chi connectivity index (χ2n) is 3.19. The van der Waals surface area contributed by atoms with E-state index in [1.165, 1.54) is 11.3 Å². The molecule has 0 aliphatic rings. The van der Waals surface area contributed by atoms with Gasteiger partial charge in [-0.3, -0.25) is 0 Å². The third-order valence-electron chi connectivity index (χ3n) is 2.13. The standard InChI is InChI=1S/C10H6BrCl3N2S/c1-2-4-7(12)15-10(16-8(4)13)6-3-5(11)9(14)17-6/h3H,2H2,1H3. The average molecular weight is 373 g/mol. The van der Waals surface area contributed by atoms with Gasteiger partial charge in [-0.15, -0.1) is 11.3 Å². The number of aromatic nitrogens is 2. The molecule has 0 unspecified atom stereocenters. The Kier molecular flexibility index (Phi) is 4.31. The summed E-state index contributed by atoms with van der Waals surface area (Å²) in [5, 5.41) is 0.784. The molecule has 0 amide bonds. The van der Waals surface area contributed by atoms with Gasteiger partial charge in [0.05, 0.1) is 4.88 Å². The normalized spacial score (nSPS) is 10.9. The highest BCUT2D eigenvalue weighted by Crippen LogP contribution is 2.37. The lowest BCUT2D eigenvalue weighted by Crippen LogP contribution is -1.95. The van der Waals surface area contributed by atoms with Crippen LogP contribution in [0.3, 0.4) is 0 Å². The van der Waals surface area contributed by atoms with E-state index in [-0.39, 0.29) is 0 Å². The molecule has 2 aromatic heterocycles. The van der Waals surface area contributed by atoms with E-state index in [9.17, 15) is 0 Å². The molecule has 2 rings (SSSR count). The number of thiophene rings is 1. The van der Waals surface area contributed by atoms with Crippen LogP contribution in [0.25, 0.3) is 10.7 Å². The first-order chi connectivity index (χ1) is 8.02. The van der Waals surface area contributed by atoms with Crippen LogP contribution in [0.4, 0.5) is 0 Å². The zero-order chi connectivity index (χ0) is 12.6. The van der Waals surface area contributed by atoms with Crippen molar-refractivity contribution >= 4 is 62.1 Å². The van der Waals surface area contributed by atoms with Gasteiger partial charge in [0, 0.05) is 10.0 Å². The fourth-order valence-electron chi connectivity index (χ4n) is 1.29. The van der Waals surface area contributed by atoms with Crippen LogP contribution >= 0.6 is 62.1 Å². The summed E-state index contributed by atoms with van der Waals surface area (Å²) >= 11 is 22.8. The Morgan fingerprint density at radius 2 is 1.82 bits per heavy atom. The van der Waals surface area contributed by atoms with Gasteiger partial charge < -0.3 is 0 Å². The topological polar surface area (TPSA) is 25.8 Å². The molecule has 0 radical (unpaired) electrons. The lowest BCUT2D eigenvalue weighted by Gasteiger charge is -2.04. The van der Waals surface area contributed by atoms with Gasteiger partial charge in [-0.2, -0.15) is 0 Å². The summed E-state index contributed by atoms with van der Waals surface area (Å²) in [6.45, 7) is 1.95. The van der Waals surface area contributed by atoms with Crippen molar-refractivity contribution in [1.29, 1.82) is 0 Å². The van der Waals surface area contributed by atoms with Crippen LogP contribution in [0, 0.1) is 0 Å². The van der Waals surface area contributed by atoms with Gasteiger partial charge >= 0.3 is 0 Å². The van der Waals surface area contributed by atoms with Crippen LogP contribution in [0.2, 0.25) is 14.6 Å². The minimum atomic E-state index is 0.392. The van der Waals surface area contributed by atoms with Gasteiger partial charge in [0.15, 0.2) is 5.82 Å². The maximum atomic E-state index is 6.06. The molecule has 0 spiro atoms. The molecule has 0 saturated carbocycles. The van der Waals surface area contributed by atoms with Crippen LogP contribution in [0.5, 0.6) is 0 Å². The van der Waals surface area contributed by atoms with Crippen molar-refractivity contribution in [2.75, 3.05) is 0 Å². The molecule has 0 bridgehead atoms. The molecule has 0 atom stereocenters. The third-order valence-corrected chi connectivity index (χ3v) is 5.22. The minimum Gasteiger partial charge on any atom is -0.215 e. The van der Waals surface area contributed by atoms with E-state index < -0.39 is 0 Å². The first kappa shape index (κ1) is 13.6. The Bertz CT molecular complexity index is 528. The highest BCUT2D eigenvalue weighted by atomic mass is 79.9. The third kappa shape index (κ3) is 2.76. The summed E-state index contributed by atoms with van der Waals surface area (Å²) in [6.07, 6.45) is 0.701. The molecule has 2 nitrogen and oxygen atoms in total. The molecule has 0 fully saturated rings. The lowest BCUT2D eigenvalue weighted by molar-refractivity contribution is 1.05. The summed E-state index contributed by atoms with van der Waals surface area (Å²) in [4.78, 5) is 9.29. The number of hydrogen-bond acceptors (Lipinski definition) is 3. The quantitative estimate of drug-likeness (QED) is 0.652. The van der Waals surface area contributed by atoms with Crippen molar-refractivity contribution in [2.24, 2.45) is 0 Å². The van der Waals surface area contributed by atoms with Crippen LogP contribution in [0.15, 0.2) is 10.5 Å². The first-order valence-corrected chi connectivity index (χ1v) is 7.44. The molecule has 2 heterocycles. The number of hydrogen-bond donors (Lipinski definition) is 0. The summed E-state index contributed by atoms with van der Waals surface area (Å²) in [6, 6.07) is 1.85. The molecular formula is C10H6BrCl3N2S. The molecule has 0 aromatic carbocycles. The predicted octanol–water partition coefficient (Wildman–Crippen LogP) is 5.49. The van der Waals surface area contributed by atoms with E-state index >= 15 is 0 Å². The SMILES string of the molecule is CCc1c(Cl)nc(-c2cc(Br)c(Cl)s2)nc1Cl. The molecule has 17 heavy (non-hydrogen) atoms. The summed E-state index contributed by atoms with van der Waals surface area (Å²) in [5.74, 6) is 0.495. The van der Waals surface area contributed by atoms with Crippen LogP contribution in [0.1, 0.15) is 12.5 Å². The maximum absolute atomic E-state index is 6.06. The minimum absolute atomic E-state index is 0.392. The van der Waals surface area contributed by atoms with Gasteiger partial charge in [-0.05, 0) is 28.4 Å². The molecular weight excluding hydrogens is 366 g/mol. The predicted molar refractivity (Wildman–Crippen MR) is 77.5 cm³/mol. The summed E-state index contributed by atoms with van der Waals surface area (Å²) < 4.78 is 1.46. The van der Waals surface area contributed by atoms with E-state index in [1.54, 1.807) is 0 Å². The Hall–Kier alpha value is 0.130. The molecule has 0 N–H and O–H groups in total. The molecule has 0 saturated heterocycles. The second kappa shape index (κ2) is 5.41. The van der Waals surface area contributed by atoms with Crippen LogP contribution in [-0.2, 0) is 6.42 Å². The van der Waals surface area contributed by atoms with Gasteiger partial charge in [0.2, 0.25) is 0 Å². The van der Waals surface area contributed by atoms with E-state index in [0.717, 1.165) is 14.9 Å². The zero-order valence-corrected chi connectivity index (χ0v) is 13.3. The molecule has 0 aliphatic heterocycles. The fourth-order valence-corrected chi connectivity index (χ4v) is 3.58.